The zero-order valence-electron chi connectivity index (χ0n) is 10.2. The third-order valence-corrected chi connectivity index (χ3v) is 1.94. The van der Waals surface area contributed by atoms with Crippen molar-refractivity contribution in [2.45, 2.75) is 33.2 Å². The zero-order chi connectivity index (χ0) is 12.1. The summed E-state index contributed by atoms with van der Waals surface area (Å²) in [4.78, 5) is 15.2. The number of esters is 1. The molecule has 0 radical (unpaired) electrons. The second-order valence-corrected chi connectivity index (χ2v) is 3.91. The number of carbonyl (C=O) groups is 1. The predicted molar refractivity (Wildman–Crippen MR) is 63.9 cm³/mol. The first-order valence-corrected chi connectivity index (χ1v) is 5.30. The Morgan fingerprint density at radius 2 is 2.18 bits per heavy atom. The number of nitrogens with zero attached hydrogens (tertiary/aromatic N) is 2. The van der Waals surface area contributed by atoms with Gasteiger partial charge in [-0.2, -0.15) is 4.98 Å². The molecule has 1 heterocycles. The van der Waals surface area contributed by atoms with Gasteiger partial charge in [0.15, 0.2) is 0 Å². The van der Waals surface area contributed by atoms with Crippen LogP contribution in [0.15, 0.2) is 4.52 Å². The number of aromatic nitrogens is 2. The lowest BCUT2D eigenvalue weighted by Crippen LogP contribution is -2.14. The zero-order valence-corrected chi connectivity index (χ0v) is 11.0. The maximum atomic E-state index is 11.3. The van der Waals surface area contributed by atoms with E-state index < -0.39 is 5.97 Å². The summed E-state index contributed by atoms with van der Waals surface area (Å²) < 4.78 is 9.65. The van der Waals surface area contributed by atoms with E-state index in [0.717, 1.165) is 6.42 Å². The molecule has 0 aliphatic rings. The van der Waals surface area contributed by atoms with Crippen LogP contribution >= 0.6 is 12.4 Å². The summed E-state index contributed by atoms with van der Waals surface area (Å²) >= 11 is 0. The van der Waals surface area contributed by atoms with Gasteiger partial charge in [0.05, 0.1) is 12.6 Å². The fourth-order valence-corrected chi connectivity index (χ4v) is 1.27. The molecule has 6 nitrogen and oxygen atoms in total. The molecule has 1 atom stereocenters. The molecule has 0 fully saturated rings. The van der Waals surface area contributed by atoms with Crippen LogP contribution in [0.3, 0.4) is 0 Å². The van der Waals surface area contributed by atoms with Gasteiger partial charge in [0.2, 0.25) is 5.89 Å². The summed E-state index contributed by atoms with van der Waals surface area (Å²) in [6, 6.07) is -0.337. The van der Waals surface area contributed by atoms with Crippen LogP contribution in [0, 0.1) is 5.92 Å². The number of nitrogens with two attached hydrogens (primary N) is 1. The molecule has 17 heavy (non-hydrogen) atoms. The van der Waals surface area contributed by atoms with Crippen molar-refractivity contribution in [1.29, 1.82) is 0 Å². The lowest BCUT2D eigenvalue weighted by atomic mass is 10.0. The average Bonchev–Trinajstić information content (AvgIpc) is 2.65. The molecule has 2 N–H and O–H groups in total. The summed E-state index contributed by atoms with van der Waals surface area (Å²) in [5, 5.41) is 3.52. The molecule has 0 spiro atoms. The Balaban J connectivity index is 0.00000256. The summed E-state index contributed by atoms with van der Waals surface area (Å²) in [6.07, 6.45) is 0.727. The van der Waals surface area contributed by atoms with Gasteiger partial charge in [-0.1, -0.05) is 13.8 Å². The average molecular weight is 264 g/mol. The van der Waals surface area contributed by atoms with E-state index in [1.807, 2.05) is 13.8 Å². The molecule has 0 aliphatic heterocycles. The van der Waals surface area contributed by atoms with E-state index >= 15 is 0 Å². The van der Waals surface area contributed by atoms with E-state index in [0.29, 0.717) is 5.92 Å². The summed E-state index contributed by atoms with van der Waals surface area (Å²) in [7, 11) is 0. The van der Waals surface area contributed by atoms with Crippen LogP contribution in [0.25, 0.3) is 0 Å². The Hall–Kier alpha value is -1.14. The Labute approximate surface area is 106 Å². The largest absolute Gasteiger partial charge is 0.460 e. The van der Waals surface area contributed by atoms with Crippen LogP contribution in [-0.4, -0.2) is 22.7 Å². The maximum Gasteiger partial charge on any atom is 0.379 e. The number of carbonyl (C=O) groups excluding carboxylic acids is 1. The maximum absolute atomic E-state index is 11.3. The molecule has 1 aromatic heterocycles. The minimum absolute atomic E-state index is 0. The highest BCUT2D eigenvalue weighted by Crippen LogP contribution is 2.16. The minimum Gasteiger partial charge on any atom is -0.460 e. The first-order chi connectivity index (χ1) is 7.54. The van der Waals surface area contributed by atoms with Crippen molar-refractivity contribution in [3.8, 4) is 0 Å². The van der Waals surface area contributed by atoms with Crippen LogP contribution in [0.5, 0.6) is 0 Å². The van der Waals surface area contributed by atoms with Gasteiger partial charge in [0.1, 0.15) is 0 Å². The monoisotopic (exact) mass is 263 g/mol. The molecule has 0 bridgehead atoms. The molecule has 0 saturated heterocycles. The molecule has 0 saturated carbocycles. The van der Waals surface area contributed by atoms with E-state index in [1.54, 1.807) is 6.92 Å². The Morgan fingerprint density at radius 1 is 1.53 bits per heavy atom. The van der Waals surface area contributed by atoms with Crippen molar-refractivity contribution in [2.75, 3.05) is 6.61 Å². The normalized spacial score (nSPS) is 12.1. The van der Waals surface area contributed by atoms with Crippen LogP contribution in [-0.2, 0) is 4.74 Å². The fourth-order valence-electron chi connectivity index (χ4n) is 1.27. The van der Waals surface area contributed by atoms with Gasteiger partial charge in [-0.05, 0) is 24.4 Å². The lowest BCUT2D eigenvalue weighted by molar-refractivity contribution is 0.0508. The van der Waals surface area contributed by atoms with Gasteiger partial charge in [0.25, 0.3) is 5.82 Å². The smallest absolute Gasteiger partial charge is 0.379 e. The second kappa shape index (κ2) is 7.24. The Morgan fingerprint density at radius 3 is 2.71 bits per heavy atom. The number of hydrogen-bond donors (Lipinski definition) is 1. The molecule has 7 heteroatoms. The fraction of sp³-hybridized carbons (Fsp3) is 0.700. The Kier molecular flexibility index (Phi) is 6.75. The molecule has 1 unspecified atom stereocenters. The third-order valence-electron chi connectivity index (χ3n) is 1.94. The van der Waals surface area contributed by atoms with E-state index in [9.17, 15) is 4.79 Å². The van der Waals surface area contributed by atoms with E-state index in [2.05, 4.69) is 10.1 Å². The Bertz CT molecular complexity index is 354. The molecule has 1 aromatic rings. The van der Waals surface area contributed by atoms with Crippen LogP contribution in [0.2, 0.25) is 0 Å². The predicted octanol–water partition coefficient (Wildman–Crippen LogP) is 1.71. The van der Waals surface area contributed by atoms with E-state index in [-0.39, 0.29) is 36.8 Å². The summed E-state index contributed by atoms with van der Waals surface area (Å²) in [5.41, 5.74) is 5.84. The molecule has 0 aliphatic carbocycles. The molecule has 0 amide bonds. The highest BCUT2D eigenvalue weighted by atomic mass is 35.5. The van der Waals surface area contributed by atoms with E-state index in [1.165, 1.54) is 0 Å². The lowest BCUT2D eigenvalue weighted by Gasteiger charge is -2.08. The van der Waals surface area contributed by atoms with Crippen molar-refractivity contribution < 1.29 is 14.1 Å². The van der Waals surface area contributed by atoms with Gasteiger partial charge in [-0.25, -0.2) is 4.79 Å². The minimum atomic E-state index is -0.589. The molecule has 98 valence electrons. The molecular formula is C10H18ClN3O3. The van der Waals surface area contributed by atoms with Crippen LogP contribution < -0.4 is 5.73 Å². The first-order valence-electron chi connectivity index (χ1n) is 5.30. The van der Waals surface area contributed by atoms with Gasteiger partial charge >= 0.3 is 5.97 Å². The first kappa shape index (κ1) is 15.9. The van der Waals surface area contributed by atoms with Gasteiger partial charge in [-0.3, -0.25) is 0 Å². The third kappa shape index (κ3) is 4.70. The number of ether oxygens (including phenoxy) is 1. The molecule has 0 aromatic carbocycles. The SMILES string of the molecule is CCOC(=O)c1noc(C(N)CC(C)C)n1.Cl. The molecule has 1 rings (SSSR count). The summed E-state index contributed by atoms with van der Waals surface area (Å²) in [5.74, 6) is 0.0370. The standard InChI is InChI=1S/C10H17N3O3.ClH/c1-4-15-10(14)8-12-9(16-13-8)7(11)5-6(2)3;/h6-7H,4-5,11H2,1-3H3;1H. The van der Waals surface area contributed by atoms with Crippen LogP contribution in [0.4, 0.5) is 0 Å². The van der Waals surface area contributed by atoms with E-state index in [4.69, 9.17) is 15.0 Å². The van der Waals surface area contributed by atoms with Crippen LogP contribution in [0.1, 0.15) is 49.7 Å². The van der Waals surface area contributed by atoms with Gasteiger partial charge in [-0.15, -0.1) is 12.4 Å². The van der Waals surface area contributed by atoms with Crippen molar-refractivity contribution in [1.82, 2.24) is 10.1 Å². The molecular weight excluding hydrogens is 246 g/mol. The number of hydrogen-bond acceptors (Lipinski definition) is 6. The van der Waals surface area contributed by atoms with Gasteiger partial charge in [0, 0.05) is 0 Å². The van der Waals surface area contributed by atoms with Crippen molar-refractivity contribution >= 4 is 18.4 Å². The highest BCUT2D eigenvalue weighted by Gasteiger charge is 2.20. The van der Waals surface area contributed by atoms with Gasteiger partial charge < -0.3 is 15.0 Å². The topological polar surface area (TPSA) is 91.2 Å². The number of halogens is 1. The number of rotatable bonds is 5. The van der Waals surface area contributed by atoms with Crippen molar-refractivity contribution in [3.63, 3.8) is 0 Å². The quantitative estimate of drug-likeness (QED) is 0.813. The summed E-state index contributed by atoms with van der Waals surface area (Å²) in [6.45, 7) is 6.08. The van der Waals surface area contributed by atoms with Crippen molar-refractivity contribution in [2.24, 2.45) is 11.7 Å². The second-order valence-electron chi connectivity index (χ2n) is 3.91. The van der Waals surface area contributed by atoms with Crippen molar-refractivity contribution in [3.05, 3.63) is 11.7 Å². The highest BCUT2D eigenvalue weighted by molar-refractivity contribution is 5.85.